The number of esters is 1. The predicted octanol–water partition coefficient (Wildman–Crippen LogP) is 3.71. The van der Waals surface area contributed by atoms with Gasteiger partial charge in [0.2, 0.25) is 0 Å². The summed E-state index contributed by atoms with van der Waals surface area (Å²) in [4.78, 5) is 18.3. The molecule has 3 aliphatic rings. The van der Waals surface area contributed by atoms with Crippen molar-refractivity contribution in [1.82, 2.24) is 39.8 Å². The van der Waals surface area contributed by atoms with Gasteiger partial charge in [-0.25, -0.2) is 13.8 Å². The lowest BCUT2D eigenvalue weighted by molar-refractivity contribution is -0.318. The normalized spacial score (nSPS) is 38.2. The molecule has 5 N–H and O–H groups in total. The summed E-state index contributed by atoms with van der Waals surface area (Å²) >= 11 is 1.82. The molecular formula is C53H86FIN8O14. The van der Waals surface area contributed by atoms with E-state index >= 15 is 0 Å². The van der Waals surface area contributed by atoms with Crippen LogP contribution in [0.4, 0.5) is 4.39 Å². The van der Waals surface area contributed by atoms with Crippen LogP contribution in [0.2, 0.25) is 0 Å². The van der Waals surface area contributed by atoms with Gasteiger partial charge in [0.1, 0.15) is 48.4 Å². The van der Waals surface area contributed by atoms with Crippen molar-refractivity contribution < 1.29 is 72.6 Å². The Balaban J connectivity index is 1.23. The van der Waals surface area contributed by atoms with E-state index in [1.54, 1.807) is 65.7 Å². The molecule has 3 aliphatic heterocycles. The monoisotopic (exact) mass is 1200 g/mol. The van der Waals surface area contributed by atoms with Crippen molar-refractivity contribution in [2.75, 3.05) is 55.2 Å². The summed E-state index contributed by atoms with van der Waals surface area (Å²) in [7, 11) is 8.29. The van der Waals surface area contributed by atoms with E-state index in [0.717, 1.165) is 11.3 Å². The van der Waals surface area contributed by atoms with Gasteiger partial charge in [-0.2, -0.15) is 0 Å². The molecule has 22 nitrogen and oxygen atoms in total. The Hall–Kier alpha value is -2.93. The Bertz CT molecular complexity index is 2320. The number of rotatable bonds is 17. The van der Waals surface area contributed by atoms with E-state index in [9.17, 15) is 34.7 Å². The molecule has 1 aromatic carbocycles. The van der Waals surface area contributed by atoms with Gasteiger partial charge in [0.25, 0.3) is 0 Å². The number of hydrogen-bond donors (Lipinski definition) is 5. The predicted molar refractivity (Wildman–Crippen MR) is 287 cm³/mol. The smallest absolute Gasteiger partial charge is 0.312 e. The lowest BCUT2D eigenvalue weighted by Crippen LogP contribution is -2.60. The number of alkyl halides is 2. The molecule has 0 amide bonds. The first-order valence-electron chi connectivity index (χ1n) is 26.6. The second kappa shape index (κ2) is 26.8. The van der Waals surface area contributed by atoms with E-state index < -0.39 is 125 Å². The first kappa shape index (κ1) is 63.3. The lowest BCUT2D eigenvalue weighted by Gasteiger charge is -2.49. The van der Waals surface area contributed by atoms with Crippen LogP contribution in [0.3, 0.4) is 0 Å². The highest BCUT2D eigenvalue weighted by Crippen LogP contribution is 2.41. The van der Waals surface area contributed by atoms with Crippen LogP contribution in [0.15, 0.2) is 36.7 Å². The third-order valence-corrected chi connectivity index (χ3v) is 17.7. The zero-order valence-corrected chi connectivity index (χ0v) is 49.3. The number of aromatic nitrogens is 6. The first-order chi connectivity index (χ1) is 36.2. The van der Waals surface area contributed by atoms with Crippen molar-refractivity contribution in [3.63, 3.8) is 0 Å². The van der Waals surface area contributed by atoms with Crippen LogP contribution in [0.1, 0.15) is 111 Å². The molecule has 0 saturated carbocycles. The minimum atomic E-state index is -1.88. The van der Waals surface area contributed by atoms with Crippen molar-refractivity contribution in [3.05, 3.63) is 53.6 Å². The maximum absolute atomic E-state index is 15.0. The van der Waals surface area contributed by atoms with Crippen LogP contribution >= 0.6 is 22.6 Å². The van der Waals surface area contributed by atoms with E-state index in [4.69, 9.17) is 37.9 Å². The molecule has 0 aliphatic carbocycles. The Morgan fingerprint density at radius 1 is 0.922 bits per heavy atom. The average Bonchev–Trinajstić information content (AvgIpc) is 4.07. The Kier molecular flexibility index (Phi) is 22.0. The fourth-order valence-corrected chi connectivity index (χ4v) is 12.0. The Morgan fingerprint density at radius 2 is 1.60 bits per heavy atom. The first-order valence-corrected chi connectivity index (χ1v) is 27.8. The van der Waals surface area contributed by atoms with Gasteiger partial charge in [-0.15, -0.1) is 10.2 Å². The number of methoxy groups -OCH3 is 3. The number of cyclic esters (lactones) is 1. The number of nitrogens with zero attached hydrogens (tertiary/aromatic N) is 8. The average molecular weight is 1210 g/mol. The number of likely N-dealkylation sites (N-methyl/N-ethyl adjacent to an activating group) is 2. The Labute approximate surface area is 466 Å². The lowest BCUT2D eigenvalue weighted by atomic mass is 9.77. The summed E-state index contributed by atoms with van der Waals surface area (Å²) in [5.41, 5.74) is -1.87. The molecule has 436 valence electrons. The number of aliphatic hydroxyl groups is 5. The van der Waals surface area contributed by atoms with Crippen molar-refractivity contribution >= 4 is 28.6 Å². The van der Waals surface area contributed by atoms with Gasteiger partial charge in [-0.05, 0) is 122 Å². The van der Waals surface area contributed by atoms with Crippen LogP contribution in [-0.4, -0.2) is 215 Å². The van der Waals surface area contributed by atoms with Crippen LogP contribution < -0.4 is 0 Å². The van der Waals surface area contributed by atoms with E-state index in [-0.39, 0.29) is 18.8 Å². The molecule has 3 saturated heterocycles. The maximum atomic E-state index is 15.0. The topological polar surface area (TPSA) is 260 Å². The summed E-state index contributed by atoms with van der Waals surface area (Å²) in [5.74, 6) is -2.94. The van der Waals surface area contributed by atoms with Gasteiger partial charge in [-0.3, -0.25) is 4.79 Å². The third kappa shape index (κ3) is 14.8. The van der Waals surface area contributed by atoms with Gasteiger partial charge >= 0.3 is 5.97 Å². The molecule has 0 radical (unpaired) electrons. The Morgan fingerprint density at radius 3 is 2.23 bits per heavy atom. The number of carbonyl (C=O) groups is 1. The highest BCUT2D eigenvalue weighted by atomic mass is 127. The van der Waals surface area contributed by atoms with Crippen LogP contribution in [0, 0.1) is 17.8 Å². The molecule has 6 rings (SSSR count). The molecule has 24 heteroatoms. The van der Waals surface area contributed by atoms with Crippen LogP contribution in [-0.2, 0) is 55.7 Å². The largest absolute Gasteiger partial charge is 0.448 e. The second-order valence-electron chi connectivity index (χ2n) is 22.6. The summed E-state index contributed by atoms with van der Waals surface area (Å²) in [5, 5.41) is 76.5. The number of ether oxygens (including phenoxy) is 8. The van der Waals surface area contributed by atoms with Crippen molar-refractivity contribution in [2.24, 2.45) is 17.8 Å². The number of hydrogen-bond acceptors (Lipinski definition) is 20. The van der Waals surface area contributed by atoms with E-state index in [0.29, 0.717) is 43.9 Å². The summed E-state index contributed by atoms with van der Waals surface area (Å²) in [6, 6.07) is 5.46. The van der Waals surface area contributed by atoms with Gasteiger partial charge in [0.15, 0.2) is 16.7 Å². The van der Waals surface area contributed by atoms with Gasteiger partial charge in [0.05, 0.1) is 65.7 Å². The zero-order chi connectivity index (χ0) is 56.9. The third-order valence-electron chi connectivity index (χ3n) is 16.2. The van der Waals surface area contributed by atoms with Gasteiger partial charge in [0, 0.05) is 71.5 Å². The molecule has 2 aromatic heterocycles. The fraction of sp³-hybridized carbons (Fsp3) is 0.792. The van der Waals surface area contributed by atoms with Crippen molar-refractivity contribution in [3.8, 4) is 5.69 Å². The molecule has 3 fully saturated rings. The zero-order valence-electron chi connectivity index (χ0n) is 47.2. The quantitative estimate of drug-likeness (QED) is 0.0733. The molecule has 77 heavy (non-hydrogen) atoms. The number of aliphatic hydroxyl groups excluding tert-OH is 3. The highest BCUT2D eigenvalue weighted by Gasteiger charge is 2.53. The molecule has 0 unspecified atom stereocenters. The summed E-state index contributed by atoms with van der Waals surface area (Å²) < 4.78 is 65.9. The van der Waals surface area contributed by atoms with E-state index in [2.05, 4.69) is 20.6 Å². The standard InChI is InChI=1S/C53H86FIN8O14/c1-29-22-51(7,68)47(31(3)43(75-41-23-52(8,72-14)46(66)34(6)74-41)32(4)48(67)77-50(55)53(9,69)45(65)33(5)61(11)25-29)76-49-42(64)39(21-30(2)73-49)60(10)20-19-36-26-63(59-56-36)40(24-54)44(71-13)35-15-17-38(18-16-35)62-27-37(28-70-12)57-58-62/h15-18,26-27,29-34,39-47,49-50,64-66,68-69H,19-25,28H2,1-14H3/t29-,30-,31+,32-,33-,34+,39+,40-,41+,42-,43+,44-,45-,46+,47-,49+,50+,51-,52-,53+/m1/s1. The molecule has 0 spiro atoms. The summed E-state index contributed by atoms with van der Waals surface area (Å²) in [6.45, 7) is 15.9. The summed E-state index contributed by atoms with van der Waals surface area (Å²) in [6.07, 6.45) is -5.48. The molecule has 3 aromatic rings. The van der Waals surface area contributed by atoms with Gasteiger partial charge in [-0.1, -0.05) is 36.4 Å². The highest BCUT2D eigenvalue weighted by molar-refractivity contribution is 14.1. The van der Waals surface area contributed by atoms with E-state index in [1.807, 2.05) is 84.6 Å². The molecular weight excluding hydrogens is 1120 g/mol. The number of benzene rings is 1. The fourth-order valence-electron chi connectivity index (χ4n) is 11.4. The number of halogens is 2. The SMILES string of the molecule is COCc1cn(-c2ccc([C@@H](OC)[C@@H](CF)n3cc(CCN(C)[C@H]4C[C@@H](C)O[C@@H](O[C@@H]5[C@@H](C)[C@H](O[C@H]6C[C@@](C)(OC)[C@@H](O)[C@H](C)O6)[C@@H](C)C(=O)O[C@H](I)[C@@](C)(O)[C@H](O)[C@@H](C)N(C)C[C@H](C)C[C@@]5(C)O)[C@@H]4O)nn3)cc2)nn1. The van der Waals surface area contributed by atoms with Crippen molar-refractivity contribution in [1.29, 1.82) is 0 Å². The van der Waals surface area contributed by atoms with Crippen LogP contribution in [0.5, 0.6) is 0 Å². The minimum Gasteiger partial charge on any atom is -0.448 e. The molecule has 5 heterocycles. The second-order valence-corrected chi connectivity index (χ2v) is 23.7. The van der Waals surface area contributed by atoms with E-state index in [1.165, 1.54) is 25.8 Å². The molecule has 20 atom stereocenters. The molecule has 0 bridgehead atoms. The van der Waals surface area contributed by atoms with Crippen molar-refractivity contribution in [2.45, 2.75) is 195 Å². The minimum absolute atomic E-state index is 0.0766. The maximum Gasteiger partial charge on any atom is 0.312 e. The number of carbonyl (C=O) groups excluding carboxylic acids is 1. The van der Waals surface area contributed by atoms with Gasteiger partial charge < -0.3 is 73.2 Å². The van der Waals surface area contributed by atoms with Crippen LogP contribution in [0.25, 0.3) is 5.69 Å².